The van der Waals surface area contributed by atoms with E-state index in [1.807, 2.05) is 0 Å². The molecule has 1 aliphatic heterocycles. The molecule has 1 saturated heterocycles. The molecular formula is C6H10BF5N-. The van der Waals surface area contributed by atoms with E-state index in [0.29, 0.717) is 0 Å². The lowest BCUT2D eigenvalue weighted by Gasteiger charge is -2.19. The van der Waals surface area contributed by atoms with Crippen molar-refractivity contribution in [3.05, 3.63) is 0 Å². The SMILES string of the molecule is F[C@H]1CN(CC[B-](F)(F)F)C[C@@H]1F. The Balaban J connectivity index is 2.25. The van der Waals surface area contributed by atoms with Gasteiger partial charge < -0.3 is 17.8 Å². The van der Waals surface area contributed by atoms with E-state index >= 15 is 0 Å². The second-order valence-electron chi connectivity index (χ2n) is 3.29. The number of nitrogens with zero attached hydrogens (tertiary/aromatic N) is 1. The summed E-state index contributed by atoms with van der Waals surface area (Å²) in [5.74, 6) is 0. The first-order chi connectivity index (χ1) is 5.88. The highest BCUT2D eigenvalue weighted by Crippen LogP contribution is 2.20. The number of alkyl halides is 2. The van der Waals surface area contributed by atoms with Gasteiger partial charge >= 0.3 is 6.98 Å². The lowest BCUT2D eigenvalue weighted by molar-refractivity contribution is 0.217. The van der Waals surface area contributed by atoms with Crippen molar-refractivity contribution in [3.8, 4) is 0 Å². The topological polar surface area (TPSA) is 3.24 Å². The van der Waals surface area contributed by atoms with Gasteiger partial charge in [-0.3, -0.25) is 0 Å². The quantitative estimate of drug-likeness (QED) is 0.498. The van der Waals surface area contributed by atoms with Crippen molar-refractivity contribution < 1.29 is 21.7 Å². The number of halogens is 5. The molecule has 1 fully saturated rings. The Morgan fingerprint density at radius 2 is 1.54 bits per heavy atom. The average Bonchev–Trinajstić information content (AvgIpc) is 2.27. The van der Waals surface area contributed by atoms with Gasteiger partial charge in [-0.25, -0.2) is 8.78 Å². The van der Waals surface area contributed by atoms with E-state index in [9.17, 15) is 21.7 Å². The monoisotopic (exact) mass is 202 g/mol. The van der Waals surface area contributed by atoms with Gasteiger partial charge in [-0.15, -0.1) is 0 Å². The molecule has 0 spiro atoms. The lowest BCUT2D eigenvalue weighted by atomic mass is 9.86. The summed E-state index contributed by atoms with van der Waals surface area (Å²) in [4.78, 5) is 1.17. The number of hydrogen-bond donors (Lipinski definition) is 0. The fraction of sp³-hybridized carbons (Fsp3) is 1.00. The van der Waals surface area contributed by atoms with E-state index in [2.05, 4.69) is 0 Å². The highest BCUT2D eigenvalue weighted by molar-refractivity contribution is 6.58. The summed E-state index contributed by atoms with van der Waals surface area (Å²) in [5.41, 5.74) is 0. The van der Waals surface area contributed by atoms with Crippen LogP contribution in [0, 0.1) is 0 Å². The Labute approximate surface area is 73.0 Å². The Morgan fingerprint density at radius 3 is 1.92 bits per heavy atom. The molecule has 2 atom stereocenters. The van der Waals surface area contributed by atoms with E-state index in [-0.39, 0.29) is 19.6 Å². The van der Waals surface area contributed by atoms with Crippen LogP contribution in [0.5, 0.6) is 0 Å². The standard InChI is InChI=1S/C6H10BF5N/c8-5-3-13(4-6(5)9)2-1-7(10,11)12/h5-6H,1-4H2/q-1/t5-,6-/m0/s1. The zero-order valence-electron chi connectivity index (χ0n) is 6.90. The molecule has 13 heavy (non-hydrogen) atoms. The Hall–Kier alpha value is -0.325. The van der Waals surface area contributed by atoms with Crippen LogP contribution in [0.3, 0.4) is 0 Å². The van der Waals surface area contributed by atoms with Crippen molar-refractivity contribution in [2.75, 3.05) is 19.6 Å². The minimum absolute atomic E-state index is 0.215. The van der Waals surface area contributed by atoms with Crippen LogP contribution in [0.1, 0.15) is 0 Å². The molecular weight excluding hydrogens is 192 g/mol. The van der Waals surface area contributed by atoms with Crippen molar-refractivity contribution in [2.45, 2.75) is 18.7 Å². The van der Waals surface area contributed by atoms with Crippen molar-refractivity contribution in [3.63, 3.8) is 0 Å². The number of likely N-dealkylation sites (tertiary alicyclic amines) is 1. The summed E-state index contributed by atoms with van der Waals surface area (Å²) in [6, 6.07) is 0. The molecule has 0 unspecified atom stereocenters. The fourth-order valence-electron chi connectivity index (χ4n) is 1.31. The Kier molecular flexibility index (Phi) is 3.16. The Morgan fingerprint density at radius 1 is 1.08 bits per heavy atom. The highest BCUT2D eigenvalue weighted by Gasteiger charge is 2.33. The third-order valence-corrected chi connectivity index (χ3v) is 2.03. The molecule has 1 nitrogen and oxygen atoms in total. The number of hydrogen-bond acceptors (Lipinski definition) is 1. The van der Waals surface area contributed by atoms with Gasteiger partial charge in [-0.05, 0) is 6.54 Å². The molecule has 1 rings (SSSR count). The lowest BCUT2D eigenvalue weighted by Crippen LogP contribution is -2.28. The molecule has 0 aliphatic carbocycles. The van der Waals surface area contributed by atoms with Crippen LogP contribution in [0.15, 0.2) is 0 Å². The third-order valence-electron chi connectivity index (χ3n) is 2.03. The maximum atomic E-state index is 12.5. The molecule has 0 aromatic heterocycles. The van der Waals surface area contributed by atoms with E-state index < -0.39 is 25.6 Å². The summed E-state index contributed by atoms with van der Waals surface area (Å²) < 4.78 is 60.2. The molecule has 0 amide bonds. The fourth-order valence-corrected chi connectivity index (χ4v) is 1.31. The summed E-state index contributed by atoms with van der Waals surface area (Å²) >= 11 is 0. The first kappa shape index (κ1) is 10.8. The molecule has 78 valence electrons. The predicted octanol–water partition coefficient (Wildman–Crippen LogP) is 1.83. The molecule has 0 saturated carbocycles. The second-order valence-corrected chi connectivity index (χ2v) is 3.29. The zero-order chi connectivity index (χ0) is 10.1. The van der Waals surface area contributed by atoms with Crippen molar-refractivity contribution >= 4 is 6.98 Å². The predicted molar refractivity (Wildman–Crippen MR) is 40.1 cm³/mol. The van der Waals surface area contributed by atoms with Gasteiger partial charge in [0.05, 0.1) is 0 Å². The molecule has 1 heterocycles. The molecule has 0 bridgehead atoms. The van der Waals surface area contributed by atoms with Gasteiger partial charge in [0, 0.05) is 13.1 Å². The first-order valence-electron chi connectivity index (χ1n) is 4.10. The molecule has 0 N–H and O–H groups in total. The summed E-state index contributed by atoms with van der Waals surface area (Å²) in [7, 11) is 0. The van der Waals surface area contributed by atoms with E-state index in [1.54, 1.807) is 0 Å². The van der Waals surface area contributed by atoms with Crippen LogP contribution in [0.2, 0.25) is 6.32 Å². The van der Waals surface area contributed by atoms with E-state index in [0.717, 1.165) is 0 Å². The smallest absolute Gasteiger partial charge is 0.449 e. The van der Waals surface area contributed by atoms with Gasteiger partial charge in [0.25, 0.3) is 0 Å². The van der Waals surface area contributed by atoms with Crippen LogP contribution in [-0.4, -0.2) is 43.9 Å². The molecule has 0 radical (unpaired) electrons. The molecule has 1 aliphatic rings. The van der Waals surface area contributed by atoms with Gasteiger partial charge in [0.1, 0.15) is 12.3 Å². The minimum atomic E-state index is -4.84. The van der Waals surface area contributed by atoms with Gasteiger partial charge in [0.15, 0.2) is 0 Å². The average molecular weight is 202 g/mol. The first-order valence-corrected chi connectivity index (χ1v) is 4.10. The third kappa shape index (κ3) is 3.50. The van der Waals surface area contributed by atoms with Crippen LogP contribution < -0.4 is 0 Å². The van der Waals surface area contributed by atoms with Crippen molar-refractivity contribution in [2.24, 2.45) is 0 Å². The van der Waals surface area contributed by atoms with Gasteiger partial charge in [0.2, 0.25) is 0 Å². The van der Waals surface area contributed by atoms with Crippen molar-refractivity contribution in [1.29, 1.82) is 0 Å². The maximum absolute atomic E-state index is 12.5. The maximum Gasteiger partial charge on any atom is 0.479 e. The molecule has 0 aromatic rings. The highest BCUT2D eigenvalue weighted by atomic mass is 19.4. The van der Waals surface area contributed by atoms with Crippen LogP contribution in [-0.2, 0) is 0 Å². The zero-order valence-corrected chi connectivity index (χ0v) is 6.90. The normalized spacial score (nSPS) is 31.2. The largest absolute Gasteiger partial charge is 0.479 e. The van der Waals surface area contributed by atoms with Gasteiger partial charge in [-0.2, -0.15) is 0 Å². The summed E-state index contributed by atoms with van der Waals surface area (Å²) in [5, 5.41) is 0. The van der Waals surface area contributed by atoms with E-state index in [4.69, 9.17) is 0 Å². The van der Waals surface area contributed by atoms with Gasteiger partial charge in [-0.1, -0.05) is 6.32 Å². The van der Waals surface area contributed by atoms with E-state index in [1.165, 1.54) is 4.90 Å². The summed E-state index contributed by atoms with van der Waals surface area (Å²) in [6.07, 6.45) is -4.19. The summed E-state index contributed by atoms with van der Waals surface area (Å²) in [6.45, 7) is -5.55. The van der Waals surface area contributed by atoms with Crippen LogP contribution in [0.25, 0.3) is 0 Å². The minimum Gasteiger partial charge on any atom is -0.449 e. The molecule has 0 aromatic carbocycles. The number of rotatable bonds is 3. The van der Waals surface area contributed by atoms with Crippen LogP contribution in [0.4, 0.5) is 21.7 Å². The molecule has 7 heteroatoms. The Bertz CT molecular complexity index is 163. The second kappa shape index (κ2) is 3.81. The van der Waals surface area contributed by atoms with Crippen LogP contribution >= 0.6 is 0 Å². The van der Waals surface area contributed by atoms with Crippen molar-refractivity contribution in [1.82, 2.24) is 4.90 Å².